The van der Waals surface area contributed by atoms with Crippen molar-refractivity contribution < 1.29 is 14.6 Å². The van der Waals surface area contributed by atoms with E-state index in [4.69, 9.17) is 4.52 Å². The molecule has 0 fully saturated rings. The highest BCUT2D eigenvalue weighted by Gasteiger charge is 2.16. The Hall–Kier alpha value is -2.74. The Bertz CT molecular complexity index is 780. The Kier molecular flexibility index (Phi) is 2.92. The van der Waals surface area contributed by atoms with Crippen LogP contribution in [0.4, 0.5) is 5.69 Å². The Morgan fingerprint density at radius 2 is 2.20 bits per heavy atom. The Balaban J connectivity index is 2.00. The molecule has 3 aromatic rings. The average molecular weight is 289 g/mol. The van der Waals surface area contributed by atoms with Crippen molar-refractivity contribution in [3.05, 3.63) is 45.8 Å². The van der Waals surface area contributed by atoms with Gasteiger partial charge in [0.1, 0.15) is 10.6 Å². The van der Waals surface area contributed by atoms with Gasteiger partial charge in [0.2, 0.25) is 5.82 Å². The zero-order valence-electron chi connectivity index (χ0n) is 9.89. The predicted molar refractivity (Wildman–Crippen MR) is 71.4 cm³/mol. The first kappa shape index (κ1) is 12.3. The molecule has 2 aromatic heterocycles. The fourth-order valence-corrected chi connectivity index (χ4v) is 2.36. The summed E-state index contributed by atoms with van der Waals surface area (Å²) in [5.41, 5.74) is 0.429. The van der Waals surface area contributed by atoms with Gasteiger partial charge in [-0.1, -0.05) is 17.3 Å². The van der Waals surface area contributed by atoms with Crippen molar-refractivity contribution in [1.82, 2.24) is 10.1 Å². The molecule has 0 amide bonds. The molecule has 0 unspecified atom stereocenters. The molecule has 0 bridgehead atoms. The minimum atomic E-state index is -0.490. The van der Waals surface area contributed by atoms with Gasteiger partial charge < -0.3 is 9.63 Å². The lowest BCUT2D eigenvalue weighted by Gasteiger charge is -1.94. The normalized spacial score (nSPS) is 10.6. The molecular weight excluding hydrogens is 282 g/mol. The summed E-state index contributed by atoms with van der Waals surface area (Å²) in [5.74, 6) is 0.472. The maximum Gasteiger partial charge on any atom is 0.272 e. The molecule has 2 heterocycles. The van der Waals surface area contributed by atoms with Crippen LogP contribution >= 0.6 is 11.3 Å². The second kappa shape index (κ2) is 4.74. The Labute approximate surface area is 116 Å². The summed E-state index contributed by atoms with van der Waals surface area (Å²) < 4.78 is 5.06. The second-order valence-corrected chi connectivity index (χ2v) is 4.78. The van der Waals surface area contributed by atoms with E-state index >= 15 is 0 Å². The molecule has 100 valence electrons. The summed E-state index contributed by atoms with van der Waals surface area (Å²) in [6.07, 6.45) is 0. The summed E-state index contributed by atoms with van der Waals surface area (Å²) in [6, 6.07) is 7.47. The van der Waals surface area contributed by atoms with Crippen LogP contribution in [0.3, 0.4) is 0 Å². The van der Waals surface area contributed by atoms with Crippen LogP contribution in [0.2, 0.25) is 0 Å². The molecule has 0 atom stereocenters. The summed E-state index contributed by atoms with van der Waals surface area (Å²) >= 11 is 1.26. The molecule has 7 nitrogen and oxygen atoms in total. The Morgan fingerprint density at radius 3 is 2.90 bits per heavy atom. The molecule has 0 aliphatic rings. The Morgan fingerprint density at radius 1 is 1.35 bits per heavy atom. The number of nitro benzene ring substituents is 1. The van der Waals surface area contributed by atoms with Crippen molar-refractivity contribution in [3.63, 3.8) is 0 Å². The number of hydrogen-bond donors (Lipinski definition) is 1. The van der Waals surface area contributed by atoms with E-state index in [1.807, 2.05) is 0 Å². The van der Waals surface area contributed by atoms with E-state index in [9.17, 15) is 15.2 Å². The first-order chi connectivity index (χ1) is 9.65. The average Bonchev–Trinajstić information content (AvgIpc) is 3.07. The number of thiophene rings is 1. The van der Waals surface area contributed by atoms with E-state index in [0.29, 0.717) is 10.4 Å². The van der Waals surface area contributed by atoms with Crippen molar-refractivity contribution in [2.75, 3.05) is 0 Å². The third-order valence-electron chi connectivity index (χ3n) is 2.58. The third-order valence-corrected chi connectivity index (χ3v) is 3.47. The number of aromatic nitrogens is 2. The van der Waals surface area contributed by atoms with Crippen molar-refractivity contribution in [2.45, 2.75) is 0 Å². The molecule has 1 aromatic carbocycles. The molecule has 0 aliphatic heterocycles. The first-order valence-corrected chi connectivity index (χ1v) is 6.38. The van der Waals surface area contributed by atoms with E-state index in [1.54, 1.807) is 17.5 Å². The number of rotatable bonds is 3. The highest BCUT2D eigenvalue weighted by Crippen LogP contribution is 2.34. The van der Waals surface area contributed by atoms with Gasteiger partial charge in [-0.25, -0.2) is 0 Å². The van der Waals surface area contributed by atoms with E-state index in [2.05, 4.69) is 10.1 Å². The molecule has 0 radical (unpaired) electrons. The van der Waals surface area contributed by atoms with Crippen molar-refractivity contribution in [1.29, 1.82) is 0 Å². The van der Waals surface area contributed by atoms with Crippen LogP contribution in [0.1, 0.15) is 0 Å². The second-order valence-electron chi connectivity index (χ2n) is 3.87. The number of nitro groups is 1. The van der Waals surface area contributed by atoms with E-state index in [1.165, 1.54) is 29.5 Å². The van der Waals surface area contributed by atoms with Gasteiger partial charge in [0.25, 0.3) is 11.6 Å². The summed E-state index contributed by atoms with van der Waals surface area (Å²) in [4.78, 5) is 14.8. The van der Waals surface area contributed by atoms with E-state index in [-0.39, 0.29) is 23.2 Å². The lowest BCUT2D eigenvalue weighted by molar-refractivity contribution is -0.384. The molecule has 1 N–H and O–H groups in total. The number of hydrogen-bond acceptors (Lipinski definition) is 7. The minimum absolute atomic E-state index is 0.0483. The van der Waals surface area contributed by atoms with Crippen molar-refractivity contribution in [3.8, 4) is 27.9 Å². The highest BCUT2D eigenvalue weighted by atomic mass is 32.1. The molecule has 20 heavy (non-hydrogen) atoms. The number of aromatic hydroxyl groups is 1. The van der Waals surface area contributed by atoms with Gasteiger partial charge in [-0.2, -0.15) is 4.98 Å². The van der Waals surface area contributed by atoms with E-state index in [0.717, 1.165) is 0 Å². The topological polar surface area (TPSA) is 102 Å². The molecule has 8 heteroatoms. The smallest absolute Gasteiger partial charge is 0.272 e. The first-order valence-electron chi connectivity index (χ1n) is 5.50. The van der Waals surface area contributed by atoms with Crippen LogP contribution in [-0.2, 0) is 0 Å². The number of non-ortho nitro benzene ring substituents is 1. The van der Waals surface area contributed by atoms with Gasteiger partial charge in [0, 0.05) is 17.7 Å². The SMILES string of the molecule is O=[N+]([O-])c1cccc(-c2noc(-c3sccc3O)n2)c1. The zero-order chi connectivity index (χ0) is 14.1. The van der Waals surface area contributed by atoms with Crippen LogP contribution in [0, 0.1) is 10.1 Å². The largest absolute Gasteiger partial charge is 0.506 e. The van der Waals surface area contributed by atoms with E-state index < -0.39 is 4.92 Å². The lowest BCUT2D eigenvalue weighted by Crippen LogP contribution is -1.88. The predicted octanol–water partition coefficient (Wildman–Crippen LogP) is 3.08. The van der Waals surface area contributed by atoms with Crippen LogP contribution < -0.4 is 0 Å². The molecule has 0 aliphatic carbocycles. The fraction of sp³-hybridized carbons (Fsp3) is 0. The van der Waals surface area contributed by atoms with Gasteiger partial charge in [0.05, 0.1) is 4.92 Å². The lowest BCUT2D eigenvalue weighted by atomic mass is 10.2. The molecular formula is C12H7N3O4S. The number of nitrogens with zero attached hydrogens (tertiary/aromatic N) is 3. The third kappa shape index (κ3) is 2.12. The van der Waals surface area contributed by atoms with Gasteiger partial charge >= 0.3 is 0 Å². The van der Waals surface area contributed by atoms with Crippen molar-refractivity contribution in [2.24, 2.45) is 0 Å². The standard InChI is InChI=1S/C12H7N3O4S/c16-9-4-5-20-10(9)12-13-11(14-19-12)7-2-1-3-8(6-7)15(17)18/h1-6,16H. The van der Waals surface area contributed by atoms with Crippen LogP contribution in [0.15, 0.2) is 40.2 Å². The fourth-order valence-electron chi connectivity index (χ4n) is 1.65. The van der Waals surface area contributed by atoms with Gasteiger partial charge in [-0.05, 0) is 11.4 Å². The molecule has 0 saturated heterocycles. The highest BCUT2D eigenvalue weighted by molar-refractivity contribution is 7.13. The van der Waals surface area contributed by atoms with Crippen molar-refractivity contribution >= 4 is 17.0 Å². The quantitative estimate of drug-likeness (QED) is 0.587. The van der Waals surface area contributed by atoms with Crippen LogP contribution in [0.5, 0.6) is 5.75 Å². The monoisotopic (exact) mass is 289 g/mol. The summed E-state index contributed by atoms with van der Waals surface area (Å²) in [5, 5.41) is 25.8. The minimum Gasteiger partial charge on any atom is -0.506 e. The molecule has 0 saturated carbocycles. The summed E-state index contributed by atoms with van der Waals surface area (Å²) in [7, 11) is 0. The maximum atomic E-state index is 10.7. The maximum absolute atomic E-state index is 10.7. The number of benzene rings is 1. The van der Waals surface area contributed by atoms with Gasteiger partial charge in [0.15, 0.2) is 0 Å². The van der Waals surface area contributed by atoms with Crippen LogP contribution in [0.25, 0.3) is 22.2 Å². The van der Waals surface area contributed by atoms with Gasteiger partial charge in [-0.3, -0.25) is 10.1 Å². The molecule has 0 spiro atoms. The summed E-state index contributed by atoms with van der Waals surface area (Å²) in [6.45, 7) is 0. The zero-order valence-corrected chi connectivity index (χ0v) is 10.7. The van der Waals surface area contributed by atoms with Gasteiger partial charge in [-0.15, -0.1) is 11.3 Å². The van der Waals surface area contributed by atoms with Crippen LogP contribution in [-0.4, -0.2) is 20.2 Å². The molecule has 3 rings (SSSR count).